The third-order valence-electron chi connectivity index (χ3n) is 2.31. The van der Waals surface area contributed by atoms with E-state index in [1.165, 1.54) is 30.3 Å². The summed E-state index contributed by atoms with van der Waals surface area (Å²) in [6.07, 6.45) is 0. The lowest BCUT2D eigenvalue weighted by Gasteiger charge is -2.08. The number of benzene rings is 2. The number of halogens is 3. The van der Waals surface area contributed by atoms with E-state index in [0.29, 0.717) is 0 Å². The third kappa shape index (κ3) is 2.65. The first-order chi connectivity index (χ1) is 8.58. The summed E-state index contributed by atoms with van der Waals surface area (Å²) >= 11 is 5.77. The van der Waals surface area contributed by atoms with Gasteiger partial charge in [-0.1, -0.05) is 17.7 Å². The van der Waals surface area contributed by atoms with Crippen LogP contribution in [0.3, 0.4) is 0 Å². The molecule has 92 valence electrons. The molecule has 5 heteroatoms. The molecule has 2 rings (SSSR count). The number of nitrogens with one attached hydrogen (secondary N) is 1. The Morgan fingerprint density at radius 1 is 1.06 bits per heavy atom. The van der Waals surface area contributed by atoms with Crippen LogP contribution in [0.25, 0.3) is 0 Å². The maximum atomic E-state index is 13.4. The molecule has 2 aromatic carbocycles. The smallest absolute Gasteiger partial charge is 0.255 e. The topological polar surface area (TPSA) is 29.1 Å². The van der Waals surface area contributed by atoms with Crippen molar-refractivity contribution in [1.29, 1.82) is 0 Å². The van der Waals surface area contributed by atoms with Crippen LogP contribution in [-0.4, -0.2) is 5.91 Å². The van der Waals surface area contributed by atoms with E-state index in [1.54, 1.807) is 0 Å². The van der Waals surface area contributed by atoms with E-state index in [4.69, 9.17) is 11.6 Å². The molecule has 0 unspecified atom stereocenters. The van der Waals surface area contributed by atoms with E-state index >= 15 is 0 Å². The van der Waals surface area contributed by atoms with Crippen molar-refractivity contribution in [3.8, 4) is 0 Å². The molecule has 0 aromatic heterocycles. The van der Waals surface area contributed by atoms with Gasteiger partial charge in [-0.3, -0.25) is 4.79 Å². The zero-order chi connectivity index (χ0) is 13.1. The SMILES string of the molecule is O=C(Nc1c(F)cccc1Cl)c1ccc(F)cc1. The summed E-state index contributed by atoms with van der Waals surface area (Å²) in [5.41, 5.74) is 0.129. The summed E-state index contributed by atoms with van der Waals surface area (Å²) in [6.45, 7) is 0. The lowest BCUT2D eigenvalue weighted by atomic mass is 10.2. The zero-order valence-corrected chi connectivity index (χ0v) is 9.84. The Balaban J connectivity index is 2.24. The highest BCUT2D eigenvalue weighted by molar-refractivity contribution is 6.33. The number of carbonyl (C=O) groups is 1. The minimum Gasteiger partial charge on any atom is -0.318 e. The highest BCUT2D eigenvalue weighted by atomic mass is 35.5. The molecule has 0 aliphatic rings. The number of rotatable bonds is 2. The highest BCUT2D eigenvalue weighted by Crippen LogP contribution is 2.25. The summed E-state index contributed by atoms with van der Waals surface area (Å²) in [7, 11) is 0. The molecule has 2 nitrogen and oxygen atoms in total. The lowest BCUT2D eigenvalue weighted by Crippen LogP contribution is -2.13. The predicted octanol–water partition coefficient (Wildman–Crippen LogP) is 3.87. The van der Waals surface area contributed by atoms with Gasteiger partial charge in [-0.25, -0.2) is 8.78 Å². The third-order valence-corrected chi connectivity index (χ3v) is 2.62. The molecule has 0 spiro atoms. The largest absolute Gasteiger partial charge is 0.318 e. The first kappa shape index (κ1) is 12.5. The molecule has 0 bridgehead atoms. The number of amides is 1. The van der Waals surface area contributed by atoms with Gasteiger partial charge in [0.15, 0.2) is 0 Å². The molecule has 0 heterocycles. The van der Waals surface area contributed by atoms with Crippen molar-refractivity contribution < 1.29 is 13.6 Å². The number of hydrogen-bond acceptors (Lipinski definition) is 1. The molecule has 1 N–H and O–H groups in total. The minimum absolute atomic E-state index is 0.0894. The van der Waals surface area contributed by atoms with Crippen LogP contribution < -0.4 is 5.32 Å². The second kappa shape index (κ2) is 5.14. The fourth-order valence-corrected chi connectivity index (χ4v) is 1.61. The second-order valence-corrected chi connectivity index (χ2v) is 3.96. The van der Waals surface area contributed by atoms with Crippen LogP contribution in [0.15, 0.2) is 42.5 Å². The molecule has 0 fully saturated rings. The predicted molar refractivity (Wildman–Crippen MR) is 65.8 cm³/mol. The standard InChI is InChI=1S/C13H8ClF2NO/c14-10-2-1-3-11(16)12(10)17-13(18)8-4-6-9(15)7-5-8/h1-7H,(H,17,18). The van der Waals surface area contributed by atoms with Crippen LogP contribution in [0.1, 0.15) is 10.4 Å². The average Bonchev–Trinajstić information content (AvgIpc) is 2.34. The van der Waals surface area contributed by atoms with Crippen molar-refractivity contribution in [3.63, 3.8) is 0 Å². The van der Waals surface area contributed by atoms with Gasteiger partial charge in [-0.05, 0) is 36.4 Å². The van der Waals surface area contributed by atoms with Crippen molar-refractivity contribution >= 4 is 23.2 Å². The van der Waals surface area contributed by atoms with Crippen LogP contribution in [0, 0.1) is 11.6 Å². The molecular weight excluding hydrogens is 260 g/mol. The van der Waals surface area contributed by atoms with Gasteiger partial charge in [0.2, 0.25) is 0 Å². The molecule has 0 radical (unpaired) electrons. The van der Waals surface area contributed by atoms with Crippen molar-refractivity contribution in [2.45, 2.75) is 0 Å². The number of anilines is 1. The molecule has 1 amide bonds. The van der Waals surface area contributed by atoms with E-state index in [9.17, 15) is 13.6 Å². The van der Waals surface area contributed by atoms with Gasteiger partial charge in [-0.2, -0.15) is 0 Å². The van der Waals surface area contributed by atoms with Crippen molar-refractivity contribution in [3.05, 3.63) is 64.7 Å². The van der Waals surface area contributed by atoms with E-state index in [2.05, 4.69) is 5.32 Å². The van der Waals surface area contributed by atoms with Crippen molar-refractivity contribution in [1.82, 2.24) is 0 Å². The molecular formula is C13H8ClF2NO. The number of carbonyl (C=O) groups excluding carboxylic acids is 1. The van der Waals surface area contributed by atoms with E-state index in [-0.39, 0.29) is 16.3 Å². The van der Waals surface area contributed by atoms with Crippen LogP contribution in [0.2, 0.25) is 5.02 Å². The van der Waals surface area contributed by atoms with Crippen LogP contribution >= 0.6 is 11.6 Å². The fourth-order valence-electron chi connectivity index (χ4n) is 1.40. The molecule has 0 saturated carbocycles. The summed E-state index contributed by atoms with van der Waals surface area (Å²) < 4.78 is 26.1. The normalized spacial score (nSPS) is 10.2. The highest BCUT2D eigenvalue weighted by Gasteiger charge is 2.12. The van der Waals surface area contributed by atoms with Gasteiger partial charge in [0.25, 0.3) is 5.91 Å². The Labute approximate surface area is 107 Å². The molecule has 0 aliphatic carbocycles. The summed E-state index contributed by atoms with van der Waals surface area (Å²) in [5.74, 6) is -1.63. The molecule has 0 atom stereocenters. The second-order valence-electron chi connectivity index (χ2n) is 3.56. The Morgan fingerprint density at radius 2 is 1.72 bits per heavy atom. The maximum absolute atomic E-state index is 13.4. The van der Waals surface area contributed by atoms with Gasteiger partial charge < -0.3 is 5.32 Å². The van der Waals surface area contributed by atoms with Gasteiger partial charge in [-0.15, -0.1) is 0 Å². The summed E-state index contributed by atoms with van der Waals surface area (Å²) in [4.78, 5) is 11.8. The quantitative estimate of drug-likeness (QED) is 0.879. The Morgan fingerprint density at radius 3 is 2.33 bits per heavy atom. The molecule has 0 saturated heterocycles. The molecule has 0 aliphatic heterocycles. The van der Waals surface area contributed by atoms with Gasteiger partial charge in [0, 0.05) is 5.56 Å². The summed E-state index contributed by atoms with van der Waals surface area (Å²) in [5, 5.41) is 2.45. The molecule has 2 aromatic rings. The Bertz CT molecular complexity index is 564. The maximum Gasteiger partial charge on any atom is 0.255 e. The lowest BCUT2D eigenvalue weighted by molar-refractivity contribution is 0.102. The van der Waals surface area contributed by atoms with Crippen molar-refractivity contribution in [2.24, 2.45) is 0 Å². The van der Waals surface area contributed by atoms with Crippen LogP contribution in [0.4, 0.5) is 14.5 Å². The fraction of sp³-hybridized carbons (Fsp3) is 0. The van der Waals surface area contributed by atoms with E-state index < -0.39 is 17.5 Å². The first-order valence-corrected chi connectivity index (χ1v) is 5.46. The van der Waals surface area contributed by atoms with E-state index in [1.807, 2.05) is 0 Å². The average molecular weight is 268 g/mol. The summed E-state index contributed by atoms with van der Waals surface area (Å²) in [6, 6.07) is 9.00. The van der Waals surface area contributed by atoms with Crippen molar-refractivity contribution in [2.75, 3.05) is 5.32 Å². The number of hydrogen-bond donors (Lipinski definition) is 1. The van der Waals surface area contributed by atoms with Crippen LogP contribution in [0.5, 0.6) is 0 Å². The molecule has 18 heavy (non-hydrogen) atoms. The first-order valence-electron chi connectivity index (χ1n) is 5.09. The Hall–Kier alpha value is -1.94. The monoisotopic (exact) mass is 267 g/mol. The minimum atomic E-state index is -0.627. The van der Waals surface area contributed by atoms with Gasteiger partial charge in [0.1, 0.15) is 11.6 Å². The number of para-hydroxylation sites is 1. The zero-order valence-electron chi connectivity index (χ0n) is 9.08. The van der Waals surface area contributed by atoms with Gasteiger partial charge >= 0.3 is 0 Å². The van der Waals surface area contributed by atoms with E-state index in [0.717, 1.165) is 12.1 Å². The van der Waals surface area contributed by atoms with Crippen LogP contribution in [-0.2, 0) is 0 Å². The van der Waals surface area contributed by atoms with Gasteiger partial charge in [0.05, 0.1) is 10.7 Å². The Kier molecular flexibility index (Phi) is 3.58.